The van der Waals surface area contributed by atoms with Gasteiger partial charge in [-0.05, 0) is 43.5 Å². The van der Waals surface area contributed by atoms with Crippen LogP contribution in [0.1, 0.15) is 25.3 Å². The van der Waals surface area contributed by atoms with E-state index in [0.29, 0.717) is 24.2 Å². The minimum atomic E-state index is -0.384. The summed E-state index contributed by atoms with van der Waals surface area (Å²) in [6, 6.07) is 16.7. The van der Waals surface area contributed by atoms with Crippen LogP contribution in [0.25, 0.3) is 0 Å². The molecule has 1 aliphatic rings. The number of guanidine groups is 1. The molecule has 0 unspecified atom stereocenters. The van der Waals surface area contributed by atoms with Crippen molar-refractivity contribution < 1.29 is 9.18 Å². The molecule has 0 bridgehead atoms. The molecular formula is C23H31FIN5O. The standard InChI is InChI=1S/C23H30FN5O.HI/c1-2-25-23(26-16-22(30)27-21-10-6-9-19(24)15-21)28-20-11-13-29(14-12-20)17-18-7-4-3-5-8-18;/h3-10,15,20H,2,11-14,16-17H2,1H3,(H,27,30)(H2,25,26,28);1H. The topological polar surface area (TPSA) is 68.8 Å². The first-order valence-electron chi connectivity index (χ1n) is 10.5. The van der Waals surface area contributed by atoms with E-state index in [1.807, 2.05) is 13.0 Å². The molecule has 3 rings (SSSR count). The number of aliphatic imine (C=N–C) groups is 1. The van der Waals surface area contributed by atoms with Crippen molar-refractivity contribution in [2.75, 3.05) is 31.5 Å². The smallest absolute Gasteiger partial charge is 0.246 e. The molecule has 1 heterocycles. The molecule has 168 valence electrons. The Kier molecular flexibility index (Phi) is 10.7. The van der Waals surface area contributed by atoms with Gasteiger partial charge >= 0.3 is 0 Å². The Labute approximate surface area is 200 Å². The highest BCUT2D eigenvalue weighted by Crippen LogP contribution is 2.14. The molecule has 1 saturated heterocycles. The van der Waals surface area contributed by atoms with Crippen LogP contribution in [-0.2, 0) is 11.3 Å². The third-order valence-corrected chi connectivity index (χ3v) is 5.01. The number of carbonyl (C=O) groups excluding carboxylic acids is 1. The average molecular weight is 539 g/mol. The van der Waals surface area contributed by atoms with E-state index in [9.17, 15) is 9.18 Å². The molecule has 0 aromatic heterocycles. The van der Waals surface area contributed by atoms with E-state index in [4.69, 9.17) is 0 Å². The van der Waals surface area contributed by atoms with Gasteiger partial charge in [0.1, 0.15) is 12.4 Å². The monoisotopic (exact) mass is 539 g/mol. The number of nitrogens with one attached hydrogen (secondary N) is 3. The van der Waals surface area contributed by atoms with Gasteiger partial charge < -0.3 is 16.0 Å². The molecule has 1 aliphatic heterocycles. The first-order chi connectivity index (χ1) is 14.6. The molecule has 0 atom stereocenters. The second-order valence-electron chi connectivity index (χ2n) is 7.43. The molecule has 8 heteroatoms. The summed E-state index contributed by atoms with van der Waals surface area (Å²) in [4.78, 5) is 19.0. The minimum Gasteiger partial charge on any atom is -0.357 e. The van der Waals surface area contributed by atoms with Gasteiger partial charge in [-0.25, -0.2) is 9.38 Å². The van der Waals surface area contributed by atoms with Crippen LogP contribution in [0.5, 0.6) is 0 Å². The Morgan fingerprint density at radius 3 is 2.55 bits per heavy atom. The van der Waals surface area contributed by atoms with Gasteiger partial charge in [-0.3, -0.25) is 9.69 Å². The number of likely N-dealkylation sites (tertiary alicyclic amines) is 1. The Bertz CT molecular complexity index is 841. The third-order valence-electron chi connectivity index (χ3n) is 5.01. The number of halogens is 2. The first kappa shape index (κ1) is 25.1. The number of benzene rings is 2. The lowest BCUT2D eigenvalue weighted by atomic mass is 10.0. The number of hydrogen-bond acceptors (Lipinski definition) is 3. The molecule has 31 heavy (non-hydrogen) atoms. The molecule has 1 amide bonds. The molecule has 0 spiro atoms. The van der Waals surface area contributed by atoms with Gasteiger partial charge in [0.2, 0.25) is 5.91 Å². The van der Waals surface area contributed by atoms with E-state index in [1.165, 1.54) is 17.7 Å². The van der Waals surface area contributed by atoms with E-state index in [0.717, 1.165) is 32.5 Å². The lowest BCUT2D eigenvalue weighted by molar-refractivity contribution is -0.114. The highest BCUT2D eigenvalue weighted by molar-refractivity contribution is 14.0. The van der Waals surface area contributed by atoms with Crippen molar-refractivity contribution in [3.05, 3.63) is 66.0 Å². The maximum Gasteiger partial charge on any atom is 0.246 e. The molecule has 2 aromatic rings. The zero-order valence-electron chi connectivity index (χ0n) is 17.8. The largest absolute Gasteiger partial charge is 0.357 e. The molecule has 3 N–H and O–H groups in total. The Morgan fingerprint density at radius 2 is 1.87 bits per heavy atom. The highest BCUT2D eigenvalue weighted by Gasteiger charge is 2.20. The SMILES string of the molecule is CCNC(=NCC(=O)Nc1cccc(F)c1)NC1CCN(Cc2ccccc2)CC1.I. The summed E-state index contributed by atoms with van der Waals surface area (Å²) in [6.07, 6.45) is 2.04. The van der Waals surface area contributed by atoms with E-state index in [-0.39, 0.29) is 42.2 Å². The van der Waals surface area contributed by atoms with Crippen molar-refractivity contribution in [1.29, 1.82) is 0 Å². The van der Waals surface area contributed by atoms with Crippen LogP contribution in [0.3, 0.4) is 0 Å². The van der Waals surface area contributed by atoms with Crippen LogP contribution in [-0.4, -0.2) is 49.0 Å². The quantitative estimate of drug-likeness (QED) is 0.286. The van der Waals surface area contributed by atoms with Crippen LogP contribution in [0.4, 0.5) is 10.1 Å². The van der Waals surface area contributed by atoms with E-state index < -0.39 is 0 Å². The Balaban J connectivity index is 0.00000341. The van der Waals surface area contributed by atoms with Crippen molar-refractivity contribution in [3.63, 3.8) is 0 Å². The number of amides is 1. The Morgan fingerprint density at radius 1 is 1.13 bits per heavy atom. The van der Waals surface area contributed by atoms with Gasteiger partial charge in [0.25, 0.3) is 0 Å². The van der Waals surface area contributed by atoms with Gasteiger partial charge in [-0.1, -0.05) is 36.4 Å². The first-order valence-corrected chi connectivity index (χ1v) is 10.5. The molecule has 2 aromatic carbocycles. The van der Waals surface area contributed by atoms with Crippen LogP contribution < -0.4 is 16.0 Å². The lowest BCUT2D eigenvalue weighted by Crippen LogP contribution is -2.48. The van der Waals surface area contributed by atoms with Gasteiger partial charge in [-0.15, -0.1) is 24.0 Å². The maximum atomic E-state index is 13.2. The second-order valence-corrected chi connectivity index (χ2v) is 7.43. The van der Waals surface area contributed by atoms with Crippen molar-refractivity contribution >= 4 is 41.5 Å². The number of carbonyl (C=O) groups is 1. The summed E-state index contributed by atoms with van der Waals surface area (Å²) in [6.45, 7) is 5.69. The predicted molar refractivity (Wildman–Crippen MR) is 134 cm³/mol. The summed E-state index contributed by atoms with van der Waals surface area (Å²) in [5.74, 6) is -0.0335. The fourth-order valence-electron chi connectivity index (χ4n) is 3.51. The average Bonchev–Trinajstić information content (AvgIpc) is 2.74. The van der Waals surface area contributed by atoms with Crippen molar-refractivity contribution in [3.8, 4) is 0 Å². The van der Waals surface area contributed by atoms with Gasteiger partial charge in [-0.2, -0.15) is 0 Å². The van der Waals surface area contributed by atoms with Gasteiger partial charge in [0.15, 0.2) is 5.96 Å². The number of anilines is 1. The zero-order valence-corrected chi connectivity index (χ0v) is 20.1. The fourth-order valence-corrected chi connectivity index (χ4v) is 3.51. The summed E-state index contributed by atoms with van der Waals surface area (Å²) in [5, 5.41) is 9.30. The zero-order chi connectivity index (χ0) is 21.2. The van der Waals surface area contributed by atoms with Crippen LogP contribution >= 0.6 is 24.0 Å². The lowest BCUT2D eigenvalue weighted by Gasteiger charge is -2.33. The maximum absolute atomic E-state index is 13.2. The van der Waals surface area contributed by atoms with Crippen LogP contribution in [0, 0.1) is 5.82 Å². The number of piperidine rings is 1. The van der Waals surface area contributed by atoms with Crippen LogP contribution in [0.2, 0.25) is 0 Å². The van der Waals surface area contributed by atoms with Gasteiger partial charge in [0.05, 0.1) is 0 Å². The molecule has 1 fully saturated rings. The van der Waals surface area contributed by atoms with E-state index >= 15 is 0 Å². The molecule has 0 aliphatic carbocycles. The summed E-state index contributed by atoms with van der Waals surface area (Å²) >= 11 is 0. The second kappa shape index (κ2) is 13.3. The normalized spacial score (nSPS) is 15.1. The van der Waals surface area contributed by atoms with E-state index in [2.05, 4.69) is 50.1 Å². The molecule has 0 radical (unpaired) electrons. The minimum absolute atomic E-state index is 0. The third kappa shape index (κ3) is 8.82. The molecule has 6 nitrogen and oxygen atoms in total. The fraction of sp³-hybridized carbons (Fsp3) is 0.391. The summed E-state index contributed by atoms with van der Waals surface area (Å²) < 4.78 is 13.2. The summed E-state index contributed by atoms with van der Waals surface area (Å²) in [7, 11) is 0. The van der Waals surface area contributed by atoms with Crippen LogP contribution in [0.15, 0.2) is 59.6 Å². The summed E-state index contributed by atoms with van der Waals surface area (Å²) in [5.41, 5.74) is 1.77. The highest BCUT2D eigenvalue weighted by atomic mass is 127. The van der Waals surface area contributed by atoms with Crippen molar-refractivity contribution in [2.45, 2.75) is 32.4 Å². The van der Waals surface area contributed by atoms with E-state index in [1.54, 1.807) is 12.1 Å². The van der Waals surface area contributed by atoms with Gasteiger partial charge in [0, 0.05) is 37.9 Å². The molecule has 0 saturated carbocycles. The predicted octanol–water partition coefficient (Wildman–Crippen LogP) is 3.60. The number of nitrogens with zero attached hydrogens (tertiary/aromatic N) is 2. The molecular weight excluding hydrogens is 508 g/mol. The van der Waals surface area contributed by atoms with Crippen molar-refractivity contribution in [1.82, 2.24) is 15.5 Å². The number of rotatable bonds is 7. The van der Waals surface area contributed by atoms with Crippen molar-refractivity contribution in [2.24, 2.45) is 4.99 Å². The number of hydrogen-bond donors (Lipinski definition) is 3. The Hall–Kier alpha value is -2.20.